The van der Waals surface area contributed by atoms with Crippen molar-refractivity contribution < 1.29 is 28.6 Å². The van der Waals surface area contributed by atoms with E-state index >= 15 is 0 Å². The zero-order valence-corrected chi connectivity index (χ0v) is 15.5. The van der Waals surface area contributed by atoms with E-state index in [1.165, 1.54) is 18.2 Å². The third-order valence-electron chi connectivity index (χ3n) is 5.71. The standard InChI is InChI=1S/C21H19FN2O5/c1-29-20(28)21(11-25)16-15(17(23-21)13-9-5-6-10-14(13)22)18(26)24(19(16)27)12-7-3-2-4-8-12/h2-10,15-17,23,25H,11H2,1H3/t15-,16-,17-,21-/m0/s1. The van der Waals surface area contributed by atoms with Gasteiger partial charge in [0.05, 0.1) is 31.2 Å². The van der Waals surface area contributed by atoms with Crippen molar-refractivity contribution in [1.29, 1.82) is 0 Å². The SMILES string of the molecule is COC(=O)[C@@]1(CO)N[C@@H](c2ccccc2F)[C@H]2C(=O)N(c3ccccc3)C(=O)[C@H]21. The molecule has 0 aliphatic carbocycles. The van der Waals surface area contributed by atoms with Crippen molar-refractivity contribution in [2.24, 2.45) is 11.8 Å². The number of anilines is 1. The molecular weight excluding hydrogens is 379 g/mol. The van der Waals surface area contributed by atoms with Crippen LogP contribution in [0.2, 0.25) is 0 Å². The second-order valence-corrected chi connectivity index (χ2v) is 7.12. The predicted octanol–water partition coefficient (Wildman–Crippen LogP) is 1.18. The minimum atomic E-state index is -1.86. The lowest BCUT2D eigenvalue weighted by Crippen LogP contribution is -2.59. The van der Waals surface area contributed by atoms with E-state index in [0.717, 1.165) is 12.0 Å². The molecule has 7 nitrogen and oxygen atoms in total. The molecule has 2 aliphatic rings. The topological polar surface area (TPSA) is 95.9 Å². The highest BCUT2D eigenvalue weighted by molar-refractivity contribution is 6.24. The summed E-state index contributed by atoms with van der Waals surface area (Å²) in [6, 6.07) is 13.1. The van der Waals surface area contributed by atoms with Gasteiger partial charge in [0.2, 0.25) is 11.8 Å². The van der Waals surface area contributed by atoms with Crippen LogP contribution in [0.3, 0.4) is 0 Å². The molecule has 29 heavy (non-hydrogen) atoms. The van der Waals surface area contributed by atoms with E-state index < -0.39 is 53.6 Å². The van der Waals surface area contributed by atoms with Crippen molar-refractivity contribution in [2.45, 2.75) is 11.6 Å². The van der Waals surface area contributed by atoms with Gasteiger partial charge in [-0.2, -0.15) is 0 Å². The van der Waals surface area contributed by atoms with Gasteiger partial charge in [0.1, 0.15) is 5.82 Å². The van der Waals surface area contributed by atoms with E-state index in [2.05, 4.69) is 5.32 Å². The number of fused-ring (bicyclic) bond motifs is 1. The molecular formula is C21H19FN2O5. The number of rotatable bonds is 4. The highest BCUT2D eigenvalue weighted by Crippen LogP contribution is 2.50. The van der Waals surface area contributed by atoms with Crippen molar-refractivity contribution in [3.8, 4) is 0 Å². The lowest BCUT2D eigenvalue weighted by atomic mass is 9.79. The molecule has 0 aromatic heterocycles. The number of amides is 2. The lowest BCUT2D eigenvalue weighted by Gasteiger charge is -2.30. The zero-order valence-electron chi connectivity index (χ0n) is 15.5. The average molecular weight is 398 g/mol. The molecule has 2 heterocycles. The Balaban J connectivity index is 1.88. The summed E-state index contributed by atoms with van der Waals surface area (Å²) in [7, 11) is 1.13. The molecule has 2 aromatic rings. The minimum absolute atomic E-state index is 0.137. The number of carbonyl (C=O) groups excluding carboxylic acids is 3. The van der Waals surface area contributed by atoms with Gasteiger partial charge in [-0.15, -0.1) is 0 Å². The van der Waals surface area contributed by atoms with Crippen molar-refractivity contribution in [2.75, 3.05) is 18.6 Å². The number of nitrogens with zero attached hydrogens (tertiary/aromatic N) is 1. The number of hydrogen-bond donors (Lipinski definition) is 2. The number of imide groups is 1. The molecule has 0 bridgehead atoms. The van der Waals surface area contributed by atoms with Crippen LogP contribution in [0.5, 0.6) is 0 Å². The van der Waals surface area contributed by atoms with Crippen LogP contribution in [0.1, 0.15) is 11.6 Å². The van der Waals surface area contributed by atoms with Crippen LogP contribution in [-0.2, 0) is 19.1 Å². The first-order valence-corrected chi connectivity index (χ1v) is 9.10. The maximum atomic E-state index is 14.6. The summed E-state index contributed by atoms with van der Waals surface area (Å²) in [5.41, 5.74) is -1.37. The third-order valence-corrected chi connectivity index (χ3v) is 5.71. The van der Waals surface area contributed by atoms with E-state index in [1.54, 1.807) is 36.4 Å². The molecule has 0 radical (unpaired) electrons. The van der Waals surface area contributed by atoms with Crippen LogP contribution >= 0.6 is 0 Å². The summed E-state index contributed by atoms with van der Waals surface area (Å²) >= 11 is 0. The van der Waals surface area contributed by atoms with Gasteiger partial charge in [0, 0.05) is 11.6 Å². The Bertz CT molecular complexity index is 982. The van der Waals surface area contributed by atoms with Crippen molar-refractivity contribution in [3.63, 3.8) is 0 Å². The number of para-hydroxylation sites is 1. The molecule has 0 saturated carbocycles. The Morgan fingerprint density at radius 3 is 2.41 bits per heavy atom. The van der Waals surface area contributed by atoms with Crippen molar-refractivity contribution in [3.05, 3.63) is 66.0 Å². The summed E-state index contributed by atoms with van der Waals surface area (Å²) in [6.07, 6.45) is 0. The first-order chi connectivity index (χ1) is 14.0. The fourth-order valence-corrected chi connectivity index (χ4v) is 4.41. The quantitative estimate of drug-likeness (QED) is 0.593. The zero-order chi connectivity index (χ0) is 20.8. The van der Waals surface area contributed by atoms with E-state index in [0.29, 0.717) is 5.69 Å². The molecule has 4 rings (SSSR count). The van der Waals surface area contributed by atoms with Gasteiger partial charge in [-0.25, -0.2) is 14.1 Å². The first-order valence-electron chi connectivity index (χ1n) is 9.10. The first kappa shape index (κ1) is 19.2. The fourth-order valence-electron chi connectivity index (χ4n) is 4.41. The van der Waals surface area contributed by atoms with Gasteiger partial charge in [-0.3, -0.25) is 14.9 Å². The summed E-state index contributed by atoms with van der Waals surface area (Å²) < 4.78 is 19.4. The molecule has 0 unspecified atom stereocenters. The Morgan fingerprint density at radius 1 is 1.14 bits per heavy atom. The Labute approximate surface area is 166 Å². The molecule has 150 valence electrons. The van der Waals surface area contributed by atoms with E-state index in [4.69, 9.17) is 4.74 Å². The predicted molar refractivity (Wildman–Crippen MR) is 100 cm³/mol. The van der Waals surface area contributed by atoms with Crippen LogP contribution in [0.25, 0.3) is 0 Å². The Kier molecular flexibility index (Phi) is 4.68. The van der Waals surface area contributed by atoms with Gasteiger partial charge < -0.3 is 9.84 Å². The molecule has 2 N–H and O–H groups in total. The van der Waals surface area contributed by atoms with Crippen LogP contribution in [0.15, 0.2) is 54.6 Å². The number of aliphatic hydroxyl groups is 1. The van der Waals surface area contributed by atoms with Crippen LogP contribution in [0.4, 0.5) is 10.1 Å². The van der Waals surface area contributed by atoms with E-state index in [-0.39, 0.29) is 5.56 Å². The van der Waals surface area contributed by atoms with Gasteiger partial charge in [0.15, 0.2) is 5.54 Å². The molecule has 0 spiro atoms. The molecule has 2 amide bonds. The maximum Gasteiger partial charge on any atom is 0.329 e. The Hall–Kier alpha value is -3.10. The number of nitrogens with one attached hydrogen (secondary N) is 1. The molecule has 2 aliphatic heterocycles. The molecule has 4 atom stereocenters. The number of aliphatic hydroxyl groups excluding tert-OH is 1. The van der Waals surface area contributed by atoms with Crippen molar-refractivity contribution >= 4 is 23.5 Å². The number of esters is 1. The minimum Gasteiger partial charge on any atom is -0.468 e. The van der Waals surface area contributed by atoms with Crippen molar-refractivity contribution in [1.82, 2.24) is 5.32 Å². The molecule has 2 saturated heterocycles. The summed E-state index contributed by atoms with van der Waals surface area (Å²) in [4.78, 5) is 40.3. The summed E-state index contributed by atoms with van der Waals surface area (Å²) in [5.74, 6) is -4.99. The number of carbonyl (C=O) groups is 3. The van der Waals surface area contributed by atoms with Crippen LogP contribution in [0, 0.1) is 17.7 Å². The number of halogens is 1. The Morgan fingerprint density at radius 2 is 1.79 bits per heavy atom. The highest BCUT2D eigenvalue weighted by atomic mass is 19.1. The van der Waals surface area contributed by atoms with Gasteiger partial charge in [0.25, 0.3) is 0 Å². The third kappa shape index (κ3) is 2.67. The van der Waals surface area contributed by atoms with Gasteiger partial charge in [-0.1, -0.05) is 36.4 Å². The highest BCUT2D eigenvalue weighted by Gasteiger charge is 2.69. The lowest BCUT2D eigenvalue weighted by molar-refractivity contribution is -0.154. The van der Waals surface area contributed by atoms with Gasteiger partial charge >= 0.3 is 5.97 Å². The van der Waals surface area contributed by atoms with E-state index in [9.17, 15) is 23.9 Å². The number of methoxy groups -OCH3 is 1. The fraction of sp³-hybridized carbons (Fsp3) is 0.286. The van der Waals surface area contributed by atoms with Crippen LogP contribution < -0.4 is 10.2 Å². The molecule has 2 fully saturated rings. The maximum absolute atomic E-state index is 14.6. The molecule has 2 aromatic carbocycles. The average Bonchev–Trinajstić information content (AvgIpc) is 3.23. The largest absolute Gasteiger partial charge is 0.468 e. The van der Waals surface area contributed by atoms with Gasteiger partial charge in [-0.05, 0) is 18.2 Å². The van der Waals surface area contributed by atoms with Crippen LogP contribution in [-0.4, -0.2) is 42.1 Å². The summed E-state index contributed by atoms with van der Waals surface area (Å²) in [6.45, 7) is -0.784. The number of hydrogen-bond acceptors (Lipinski definition) is 6. The van der Waals surface area contributed by atoms with E-state index in [1.807, 2.05) is 0 Å². The monoisotopic (exact) mass is 398 g/mol. The number of ether oxygens (including phenoxy) is 1. The summed E-state index contributed by atoms with van der Waals surface area (Å²) in [5, 5.41) is 13.0. The normalized spacial score (nSPS) is 28.5. The second-order valence-electron chi connectivity index (χ2n) is 7.12. The smallest absolute Gasteiger partial charge is 0.329 e. The number of benzene rings is 2. The molecule has 8 heteroatoms. The second kappa shape index (κ2) is 7.06.